The van der Waals surface area contributed by atoms with Crippen molar-refractivity contribution in [3.8, 4) is 0 Å². The largest absolute Gasteiger partial charge is 0.462 e. The lowest BCUT2D eigenvalue weighted by atomic mass is 9.99. The van der Waals surface area contributed by atoms with Crippen LogP contribution in [0.15, 0.2) is 60.8 Å². The summed E-state index contributed by atoms with van der Waals surface area (Å²) in [6.45, 7) is 3.21. The quantitative estimate of drug-likeness (QED) is 0.0284. The van der Waals surface area contributed by atoms with Crippen LogP contribution in [0.25, 0.3) is 0 Å². The Morgan fingerprint density at radius 1 is 0.582 bits per heavy atom. The summed E-state index contributed by atoms with van der Waals surface area (Å²) in [7, 11) is 0. The monoisotopic (exact) mass is 777 g/mol. The molecule has 55 heavy (non-hydrogen) atoms. The molecule has 0 amide bonds. The highest BCUT2D eigenvalue weighted by atomic mass is 16.7. The van der Waals surface area contributed by atoms with E-state index in [1.165, 1.54) is 64.2 Å². The van der Waals surface area contributed by atoms with E-state index in [2.05, 4.69) is 62.5 Å². The molecular formula is C45H76O10. The minimum absolute atomic E-state index is 0.106. The Hall–Kier alpha value is -2.60. The summed E-state index contributed by atoms with van der Waals surface area (Å²) in [5, 5.41) is 40.0. The standard InChI is InChI=1S/C45H76O10/c1-3-5-7-9-11-13-15-17-18-19-20-22-23-25-27-29-31-33-40(47)52-36-38(37-53-45-44(51)43(50)42(49)39(35-46)55-45)54-41(48)34-32-30-28-26-24-21-16-14-12-10-8-6-4-2/h6,8,12,14,17-18,21,24,28,30,38-39,42-46,49-51H,3-5,7,9-11,13,15-16,19-20,22-23,25-27,29,31-37H2,1-2H3/b8-6-,14-12-,18-17-,24-21-,30-28-. The van der Waals surface area contributed by atoms with Gasteiger partial charge in [-0.25, -0.2) is 0 Å². The fraction of sp³-hybridized carbons (Fsp3) is 0.733. The molecule has 0 radical (unpaired) electrons. The molecule has 0 aromatic rings. The predicted molar refractivity (Wildman–Crippen MR) is 219 cm³/mol. The Labute approximate surface area is 332 Å². The van der Waals surface area contributed by atoms with Crippen LogP contribution < -0.4 is 0 Å². The van der Waals surface area contributed by atoms with Crippen molar-refractivity contribution in [2.45, 2.75) is 192 Å². The van der Waals surface area contributed by atoms with Gasteiger partial charge in [0.1, 0.15) is 31.0 Å². The summed E-state index contributed by atoms with van der Waals surface area (Å²) in [6, 6.07) is 0. The second kappa shape index (κ2) is 35.8. The first-order valence-electron chi connectivity index (χ1n) is 21.4. The first kappa shape index (κ1) is 50.4. The Bertz CT molecular complexity index is 1080. The Morgan fingerprint density at radius 3 is 1.69 bits per heavy atom. The first-order chi connectivity index (χ1) is 26.8. The molecule has 6 unspecified atom stereocenters. The van der Waals surface area contributed by atoms with Gasteiger partial charge in [-0.2, -0.15) is 0 Å². The van der Waals surface area contributed by atoms with Gasteiger partial charge in [0.2, 0.25) is 0 Å². The van der Waals surface area contributed by atoms with Gasteiger partial charge in [0.15, 0.2) is 12.4 Å². The molecule has 10 nitrogen and oxygen atoms in total. The van der Waals surface area contributed by atoms with E-state index in [1.807, 2.05) is 12.2 Å². The second-order valence-electron chi connectivity index (χ2n) is 14.4. The lowest BCUT2D eigenvalue weighted by molar-refractivity contribution is -0.305. The predicted octanol–water partition coefficient (Wildman–Crippen LogP) is 8.66. The van der Waals surface area contributed by atoms with Crippen molar-refractivity contribution >= 4 is 11.9 Å². The summed E-state index contributed by atoms with van der Waals surface area (Å²) in [6.07, 6.45) is 35.3. The van der Waals surface area contributed by atoms with Crippen LogP contribution in [0.1, 0.15) is 155 Å². The third-order valence-corrected chi connectivity index (χ3v) is 9.40. The highest BCUT2D eigenvalue weighted by Gasteiger charge is 2.44. The van der Waals surface area contributed by atoms with Crippen LogP contribution >= 0.6 is 0 Å². The maximum atomic E-state index is 12.7. The number of ether oxygens (including phenoxy) is 4. The Balaban J connectivity index is 2.39. The van der Waals surface area contributed by atoms with E-state index in [0.29, 0.717) is 12.8 Å². The molecule has 1 aliphatic rings. The molecule has 1 fully saturated rings. The average Bonchev–Trinajstić information content (AvgIpc) is 3.18. The average molecular weight is 777 g/mol. The molecule has 4 N–H and O–H groups in total. The third-order valence-electron chi connectivity index (χ3n) is 9.40. The number of allylic oxidation sites excluding steroid dienone is 10. The van der Waals surface area contributed by atoms with Crippen molar-refractivity contribution < 1.29 is 49.0 Å². The van der Waals surface area contributed by atoms with E-state index in [-0.39, 0.29) is 26.1 Å². The zero-order chi connectivity index (χ0) is 40.2. The minimum atomic E-state index is -1.61. The number of hydrogen-bond donors (Lipinski definition) is 4. The number of rotatable bonds is 34. The minimum Gasteiger partial charge on any atom is -0.462 e. The molecule has 0 spiro atoms. The summed E-state index contributed by atoms with van der Waals surface area (Å²) in [5.41, 5.74) is 0. The van der Waals surface area contributed by atoms with E-state index in [1.54, 1.807) is 0 Å². The molecule has 6 atom stereocenters. The number of aliphatic hydroxyl groups excluding tert-OH is 4. The maximum absolute atomic E-state index is 12.7. The van der Waals surface area contributed by atoms with Gasteiger partial charge in [-0.05, 0) is 64.2 Å². The van der Waals surface area contributed by atoms with Crippen molar-refractivity contribution in [2.24, 2.45) is 0 Å². The Kier molecular flexibility index (Phi) is 32.8. The molecule has 10 heteroatoms. The van der Waals surface area contributed by atoms with Crippen LogP contribution in [0.3, 0.4) is 0 Å². The van der Waals surface area contributed by atoms with Crippen molar-refractivity contribution in [1.29, 1.82) is 0 Å². The van der Waals surface area contributed by atoms with Gasteiger partial charge in [0, 0.05) is 12.8 Å². The van der Waals surface area contributed by atoms with E-state index < -0.39 is 55.4 Å². The zero-order valence-electron chi connectivity index (χ0n) is 34.2. The van der Waals surface area contributed by atoms with Crippen molar-refractivity contribution in [3.05, 3.63) is 60.8 Å². The number of esters is 2. The second-order valence-corrected chi connectivity index (χ2v) is 14.4. The van der Waals surface area contributed by atoms with E-state index in [0.717, 1.165) is 51.4 Å². The number of aliphatic hydroxyl groups is 4. The van der Waals surface area contributed by atoms with Gasteiger partial charge in [-0.3, -0.25) is 9.59 Å². The number of unbranched alkanes of at least 4 members (excludes halogenated alkanes) is 13. The van der Waals surface area contributed by atoms with Crippen LogP contribution in [-0.4, -0.2) is 89.0 Å². The molecule has 1 saturated heterocycles. The zero-order valence-corrected chi connectivity index (χ0v) is 34.2. The van der Waals surface area contributed by atoms with Gasteiger partial charge in [-0.15, -0.1) is 0 Å². The van der Waals surface area contributed by atoms with E-state index >= 15 is 0 Å². The normalized spacial score (nSPS) is 21.2. The van der Waals surface area contributed by atoms with Gasteiger partial charge in [0.25, 0.3) is 0 Å². The molecular weight excluding hydrogens is 700 g/mol. The molecule has 0 saturated carbocycles. The van der Waals surface area contributed by atoms with E-state index in [9.17, 15) is 30.0 Å². The highest BCUT2D eigenvalue weighted by Crippen LogP contribution is 2.22. The van der Waals surface area contributed by atoms with Gasteiger partial charge >= 0.3 is 11.9 Å². The maximum Gasteiger partial charge on any atom is 0.306 e. The topological polar surface area (TPSA) is 152 Å². The molecule has 1 aliphatic heterocycles. The van der Waals surface area contributed by atoms with Crippen molar-refractivity contribution in [3.63, 3.8) is 0 Å². The van der Waals surface area contributed by atoms with Crippen LogP contribution in [0, 0.1) is 0 Å². The van der Waals surface area contributed by atoms with E-state index in [4.69, 9.17) is 18.9 Å². The Morgan fingerprint density at radius 2 is 1.11 bits per heavy atom. The molecule has 1 rings (SSSR count). The van der Waals surface area contributed by atoms with Crippen LogP contribution in [-0.2, 0) is 28.5 Å². The molecule has 0 aromatic carbocycles. The van der Waals surface area contributed by atoms with Crippen molar-refractivity contribution in [1.82, 2.24) is 0 Å². The van der Waals surface area contributed by atoms with Gasteiger partial charge in [0.05, 0.1) is 13.2 Å². The lowest BCUT2D eigenvalue weighted by Gasteiger charge is -2.39. The van der Waals surface area contributed by atoms with Crippen molar-refractivity contribution in [2.75, 3.05) is 19.8 Å². The first-order valence-corrected chi connectivity index (χ1v) is 21.4. The summed E-state index contributed by atoms with van der Waals surface area (Å²) >= 11 is 0. The van der Waals surface area contributed by atoms with Gasteiger partial charge < -0.3 is 39.4 Å². The van der Waals surface area contributed by atoms with Crippen LogP contribution in [0.4, 0.5) is 0 Å². The fourth-order valence-corrected chi connectivity index (χ4v) is 6.02. The number of hydrogen-bond acceptors (Lipinski definition) is 10. The highest BCUT2D eigenvalue weighted by molar-refractivity contribution is 5.70. The number of carbonyl (C=O) groups is 2. The molecule has 0 aliphatic carbocycles. The van der Waals surface area contributed by atoms with Gasteiger partial charge in [-0.1, -0.05) is 139 Å². The third kappa shape index (κ3) is 27.6. The van der Waals surface area contributed by atoms with Crippen LogP contribution in [0.2, 0.25) is 0 Å². The lowest BCUT2D eigenvalue weighted by Crippen LogP contribution is -2.59. The van der Waals surface area contributed by atoms with Crippen LogP contribution in [0.5, 0.6) is 0 Å². The number of carbonyl (C=O) groups excluding carboxylic acids is 2. The molecule has 316 valence electrons. The molecule has 0 aromatic heterocycles. The smallest absolute Gasteiger partial charge is 0.306 e. The summed E-state index contributed by atoms with van der Waals surface area (Å²) < 4.78 is 22.0. The molecule has 1 heterocycles. The summed E-state index contributed by atoms with van der Waals surface area (Å²) in [5.74, 6) is -0.911. The molecule has 0 bridgehead atoms. The summed E-state index contributed by atoms with van der Waals surface area (Å²) in [4.78, 5) is 25.2. The SMILES string of the molecule is CC/C=C\C/C=C\C/C=C\C/C=C\CCC(=O)OC(COC(=O)CCCCCCCCC/C=C\CCCCCCCC)COC1OC(CO)C(O)C(O)C1O. The fourth-order valence-electron chi connectivity index (χ4n) is 6.02.